The Morgan fingerprint density at radius 2 is 2.19 bits per heavy atom. The maximum atomic E-state index is 12.6. The van der Waals surface area contributed by atoms with Crippen LogP contribution >= 0.6 is 0 Å². The first-order chi connectivity index (χ1) is 7.34. The average molecular weight is 238 g/mol. The van der Waals surface area contributed by atoms with Crippen LogP contribution in [0.15, 0.2) is 22.8 Å². The second-order valence-electron chi connectivity index (χ2n) is 2.91. The lowest BCUT2D eigenvalue weighted by Crippen LogP contribution is -2.49. The van der Waals surface area contributed by atoms with Gasteiger partial charge in [0.1, 0.15) is 0 Å². The molecule has 0 aliphatic heterocycles. The molecule has 0 unspecified atom stereocenters. The third kappa shape index (κ3) is 1.90. The van der Waals surface area contributed by atoms with Crippen molar-refractivity contribution in [2.75, 3.05) is 6.61 Å². The van der Waals surface area contributed by atoms with Gasteiger partial charge in [-0.15, -0.1) is 0 Å². The van der Waals surface area contributed by atoms with Crippen molar-refractivity contribution in [3.63, 3.8) is 0 Å². The molecule has 0 radical (unpaired) electrons. The highest BCUT2D eigenvalue weighted by Crippen LogP contribution is 2.40. The number of carbonyl (C=O) groups is 1. The molecule has 7 heteroatoms. The minimum atomic E-state index is -5.21. The first-order valence-electron chi connectivity index (χ1n) is 4.34. The summed E-state index contributed by atoms with van der Waals surface area (Å²) in [5.74, 6) is -2.73. The minimum Gasteiger partial charge on any atom is -0.465 e. The molecular formula is C9H9F3O4. The highest BCUT2D eigenvalue weighted by atomic mass is 19.4. The molecule has 0 aromatic carbocycles. The van der Waals surface area contributed by atoms with Crippen LogP contribution in [0.25, 0.3) is 0 Å². The third-order valence-corrected chi connectivity index (χ3v) is 1.86. The molecule has 90 valence electrons. The minimum absolute atomic E-state index is 0.280. The van der Waals surface area contributed by atoms with Gasteiger partial charge in [-0.2, -0.15) is 13.2 Å². The quantitative estimate of drug-likeness (QED) is 0.812. The molecule has 0 amide bonds. The van der Waals surface area contributed by atoms with E-state index >= 15 is 0 Å². The van der Waals surface area contributed by atoms with Gasteiger partial charge in [0, 0.05) is 0 Å². The van der Waals surface area contributed by atoms with Gasteiger partial charge >= 0.3 is 17.7 Å². The van der Waals surface area contributed by atoms with Crippen molar-refractivity contribution in [3.8, 4) is 0 Å². The van der Waals surface area contributed by atoms with Gasteiger partial charge in [0.05, 0.1) is 12.9 Å². The molecule has 1 atom stereocenters. The van der Waals surface area contributed by atoms with Gasteiger partial charge in [0.15, 0.2) is 5.76 Å². The van der Waals surface area contributed by atoms with Gasteiger partial charge in [0.2, 0.25) is 0 Å². The fourth-order valence-electron chi connectivity index (χ4n) is 1.08. The van der Waals surface area contributed by atoms with Crippen molar-refractivity contribution < 1.29 is 32.2 Å². The summed E-state index contributed by atoms with van der Waals surface area (Å²) in [7, 11) is 0. The molecule has 4 nitrogen and oxygen atoms in total. The van der Waals surface area contributed by atoms with Crippen molar-refractivity contribution in [2.24, 2.45) is 0 Å². The van der Waals surface area contributed by atoms with Crippen molar-refractivity contribution >= 4 is 5.97 Å². The van der Waals surface area contributed by atoms with E-state index in [9.17, 15) is 23.1 Å². The van der Waals surface area contributed by atoms with Crippen LogP contribution in [-0.4, -0.2) is 23.9 Å². The first kappa shape index (κ1) is 12.6. The van der Waals surface area contributed by atoms with E-state index < -0.39 is 23.5 Å². The van der Waals surface area contributed by atoms with Crippen LogP contribution < -0.4 is 0 Å². The Balaban J connectivity index is 3.19. The lowest BCUT2D eigenvalue weighted by Gasteiger charge is -2.25. The number of halogens is 3. The zero-order valence-corrected chi connectivity index (χ0v) is 8.25. The van der Waals surface area contributed by atoms with Gasteiger partial charge in [0.25, 0.3) is 0 Å². The van der Waals surface area contributed by atoms with Gasteiger partial charge in [-0.05, 0) is 19.1 Å². The van der Waals surface area contributed by atoms with Crippen LogP contribution in [-0.2, 0) is 15.1 Å². The number of hydrogen-bond acceptors (Lipinski definition) is 4. The number of esters is 1. The Morgan fingerprint density at radius 3 is 2.56 bits per heavy atom. The molecule has 0 saturated heterocycles. The monoisotopic (exact) mass is 238 g/mol. The van der Waals surface area contributed by atoms with Crippen molar-refractivity contribution in [3.05, 3.63) is 24.2 Å². The third-order valence-electron chi connectivity index (χ3n) is 1.86. The number of aliphatic hydroxyl groups is 1. The molecule has 1 N–H and O–H groups in total. The van der Waals surface area contributed by atoms with Crippen LogP contribution in [0.5, 0.6) is 0 Å². The maximum absolute atomic E-state index is 12.6. The molecular weight excluding hydrogens is 229 g/mol. The highest BCUT2D eigenvalue weighted by Gasteiger charge is 2.64. The van der Waals surface area contributed by atoms with Crippen molar-refractivity contribution in [1.29, 1.82) is 0 Å². The number of alkyl halides is 3. The number of rotatable bonds is 3. The van der Waals surface area contributed by atoms with Crippen LogP contribution in [0.3, 0.4) is 0 Å². The van der Waals surface area contributed by atoms with E-state index in [-0.39, 0.29) is 6.61 Å². The predicted molar refractivity (Wildman–Crippen MR) is 45.3 cm³/mol. The van der Waals surface area contributed by atoms with Crippen LogP contribution in [0.4, 0.5) is 13.2 Å². The summed E-state index contributed by atoms with van der Waals surface area (Å²) < 4.78 is 46.5. The molecule has 0 aliphatic rings. The SMILES string of the molecule is CCOC(=O)[C@](O)(c1ccco1)C(F)(F)F. The highest BCUT2D eigenvalue weighted by molar-refractivity contribution is 5.81. The molecule has 0 fully saturated rings. The molecule has 1 rings (SSSR count). The van der Waals surface area contributed by atoms with Crippen molar-refractivity contribution in [1.82, 2.24) is 0 Å². The summed E-state index contributed by atoms with van der Waals surface area (Å²) in [4.78, 5) is 11.2. The largest absolute Gasteiger partial charge is 0.465 e. The molecule has 0 spiro atoms. The van der Waals surface area contributed by atoms with E-state index in [1.54, 1.807) is 0 Å². The van der Waals surface area contributed by atoms with Crippen molar-refractivity contribution in [2.45, 2.75) is 18.7 Å². The van der Waals surface area contributed by atoms with E-state index in [4.69, 9.17) is 0 Å². The Bertz CT molecular complexity index is 357. The summed E-state index contributed by atoms with van der Waals surface area (Å²) in [6.45, 7) is 1.05. The molecule has 0 saturated carbocycles. The summed E-state index contributed by atoms with van der Waals surface area (Å²) in [5, 5.41) is 9.41. The molecule has 1 aromatic rings. The smallest absolute Gasteiger partial charge is 0.435 e. The average Bonchev–Trinajstić information content (AvgIpc) is 2.67. The first-order valence-corrected chi connectivity index (χ1v) is 4.34. The fourth-order valence-corrected chi connectivity index (χ4v) is 1.08. The summed E-state index contributed by atoms with van der Waals surface area (Å²) in [5.41, 5.74) is -3.76. The zero-order chi connectivity index (χ0) is 12.4. The van der Waals surface area contributed by atoms with Gasteiger partial charge in [-0.3, -0.25) is 0 Å². The standard InChI is InChI=1S/C9H9F3O4/c1-2-15-7(13)8(14,9(10,11)12)6-4-3-5-16-6/h3-5,14H,2H2,1H3/t8-/m1/s1. The van der Waals surface area contributed by atoms with E-state index in [2.05, 4.69) is 9.15 Å². The normalized spacial score (nSPS) is 15.6. The number of ether oxygens (including phenoxy) is 1. The lowest BCUT2D eigenvalue weighted by atomic mass is 10.0. The zero-order valence-electron chi connectivity index (χ0n) is 8.25. The molecule has 1 aromatic heterocycles. The van der Waals surface area contributed by atoms with Gasteiger partial charge in [-0.25, -0.2) is 4.79 Å². The Morgan fingerprint density at radius 1 is 1.56 bits per heavy atom. The summed E-state index contributed by atoms with van der Waals surface area (Å²) in [6, 6.07) is 1.98. The molecule has 0 bridgehead atoms. The molecule has 0 aliphatic carbocycles. The van der Waals surface area contributed by atoms with E-state index in [0.717, 1.165) is 18.4 Å². The van der Waals surface area contributed by atoms with Gasteiger partial charge < -0.3 is 14.3 Å². The second-order valence-corrected chi connectivity index (χ2v) is 2.91. The van der Waals surface area contributed by atoms with Crippen LogP contribution in [0, 0.1) is 0 Å². The van der Waals surface area contributed by atoms with E-state index in [1.165, 1.54) is 6.92 Å². The van der Waals surface area contributed by atoms with E-state index in [1.807, 2.05) is 0 Å². The predicted octanol–water partition coefficient (Wildman–Crippen LogP) is 1.59. The molecule has 1 heterocycles. The fraction of sp³-hybridized carbons (Fsp3) is 0.444. The number of carbonyl (C=O) groups excluding carboxylic acids is 1. The topological polar surface area (TPSA) is 59.7 Å². The number of furan rings is 1. The van der Waals surface area contributed by atoms with Crippen LogP contribution in [0.1, 0.15) is 12.7 Å². The lowest BCUT2D eigenvalue weighted by molar-refractivity contribution is -0.272. The summed E-state index contributed by atoms with van der Waals surface area (Å²) >= 11 is 0. The maximum Gasteiger partial charge on any atom is 0.435 e. The number of hydrogen-bond donors (Lipinski definition) is 1. The molecule has 16 heavy (non-hydrogen) atoms. The Labute approximate surface area is 88.6 Å². The van der Waals surface area contributed by atoms with Crippen LogP contribution in [0.2, 0.25) is 0 Å². The summed E-state index contributed by atoms with van der Waals surface area (Å²) in [6.07, 6.45) is -4.29. The van der Waals surface area contributed by atoms with Gasteiger partial charge in [-0.1, -0.05) is 0 Å². The Hall–Kier alpha value is -1.50. The van der Waals surface area contributed by atoms with E-state index in [0.29, 0.717) is 0 Å². The second kappa shape index (κ2) is 4.17. The Kier molecular flexibility index (Phi) is 3.27.